The Kier molecular flexibility index (Phi) is 5.14. The van der Waals surface area contributed by atoms with Crippen molar-refractivity contribution in [2.75, 3.05) is 0 Å². The van der Waals surface area contributed by atoms with Gasteiger partial charge < -0.3 is 4.74 Å². The maximum Gasteiger partial charge on any atom is 0.273 e. The molecule has 0 saturated heterocycles. The average Bonchev–Trinajstić information content (AvgIpc) is 2.81. The summed E-state index contributed by atoms with van der Waals surface area (Å²) in [5, 5.41) is -0.0420. The molecule has 0 unspecified atom stereocenters. The Hall–Kier alpha value is -2.59. The largest absolute Gasteiger partial charge is 0.491 e. The average molecular weight is 370 g/mol. The molecule has 1 aliphatic rings. The number of rotatable bonds is 5. The summed E-state index contributed by atoms with van der Waals surface area (Å²) in [6, 6.07) is 14.7. The van der Waals surface area contributed by atoms with Crippen molar-refractivity contribution in [3.63, 3.8) is 0 Å². The van der Waals surface area contributed by atoms with Crippen LogP contribution in [0.1, 0.15) is 30.5 Å². The van der Waals surface area contributed by atoms with Gasteiger partial charge in [-0.15, -0.1) is 0 Å². The number of aryl methyl sites for hydroxylation is 1. The number of nitrogens with zero attached hydrogens (tertiary/aromatic N) is 1. The minimum absolute atomic E-state index is 0.0420. The molecule has 0 fully saturated rings. The number of imide groups is 1. The third-order valence-electron chi connectivity index (χ3n) is 4.09. The molecule has 1 heterocycles. The van der Waals surface area contributed by atoms with Crippen LogP contribution in [0.25, 0.3) is 5.57 Å². The van der Waals surface area contributed by atoms with Gasteiger partial charge in [-0.25, -0.2) is 0 Å². The minimum atomic E-state index is -0.463. The van der Waals surface area contributed by atoms with E-state index in [9.17, 15) is 9.59 Å². The molecule has 0 saturated carbocycles. The number of ether oxygens (including phenoxy) is 1. The molecule has 134 valence electrons. The molecule has 0 bridgehead atoms. The maximum atomic E-state index is 12.8. The zero-order chi connectivity index (χ0) is 18.8. The number of benzene rings is 2. The predicted molar refractivity (Wildman–Crippen MR) is 102 cm³/mol. The van der Waals surface area contributed by atoms with Crippen LogP contribution in [0.4, 0.5) is 0 Å². The molecule has 3 rings (SSSR count). The summed E-state index contributed by atoms with van der Waals surface area (Å²) >= 11 is 6.20. The Balaban J connectivity index is 1.83. The normalized spacial score (nSPS) is 14.6. The quantitative estimate of drug-likeness (QED) is 0.738. The van der Waals surface area contributed by atoms with Crippen molar-refractivity contribution in [1.82, 2.24) is 4.90 Å². The standard InChI is InChI=1S/C21H20ClNO3/c1-13(2)26-17-10-8-16(9-11-17)18-19(22)21(25)23(20(18)24)12-15-6-4-14(3)5-7-15/h4-11,13H,12H2,1-3H3. The van der Waals surface area contributed by atoms with E-state index in [1.807, 2.05) is 45.0 Å². The highest BCUT2D eigenvalue weighted by molar-refractivity contribution is 6.55. The van der Waals surface area contributed by atoms with E-state index in [2.05, 4.69) is 0 Å². The lowest BCUT2D eigenvalue weighted by atomic mass is 10.1. The van der Waals surface area contributed by atoms with Gasteiger partial charge in [0.15, 0.2) is 0 Å². The van der Waals surface area contributed by atoms with Crippen molar-refractivity contribution in [2.24, 2.45) is 0 Å². The van der Waals surface area contributed by atoms with Crippen LogP contribution in [0, 0.1) is 6.92 Å². The highest BCUT2D eigenvalue weighted by Crippen LogP contribution is 2.33. The van der Waals surface area contributed by atoms with Gasteiger partial charge in [0.05, 0.1) is 18.2 Å². The van der Waals surface area contributed by atoms with E-state index in [-0.39, 0.29) is 29.2 Å². The highest BCUT2D eigenvalue weighted by atomic mass is 35.5. The molecule has 0 radical (unpaired) electrons. The van der Waals surface area contributed by atoms with Crippen molar-refractivity contribution >= 4 is 29.0 Å². The number of carbonyl (C=O) groups is 2. The van der Waals surface area contributed by atoms with Gasteiger partial charge in [-0.05, 0) is 44.0 Å². The summed E-state index contributed by atoms with van der Waals surface area (Å²) in [4.78, 5) is 26.4. The first-order valence-electron chi connectivity index (χ1n) is 8.45. The van der Waals surface area contributed by atoms with Crippen LogP contribution in [0.5, 0.6) is 5.75 Å². The van der Waals surface area contributed by atoms with E-state index in [4.69, 9.17) is 16.3 Å². The highest BCUT2D eigenvalue weighted by Gasteiger charge is 2.38. The van der Waals surface area contributed by atoms with Crippen molar-refractivity contribution in [1.29, 1.82) is 0 Å². The van der Waals surface area contributed by atoms with Gasteiger partial charge in [0.2, 0.25) is 0 Å². The van der Waals surface area contributed by atoms with Crippen LogP contribution in [-0.2, 0) is 16.1 Å². The Labute approximate surface area is 158 Å². The molecule has 2 aromatic carbocycles. The second kappa shape index (κ2) is 7.34. The fourth-order valence-electron chi connectivity index (χ4n) is 2.79. The summed E-state index contributed by atoms with van der Waals surface area (Å²) < 4.78 is 5.61. The number of carbonyl (C=O) groups excluding carboxylic acids is 2. The van der Waals surface area contributed by atoms with Crippen LogP contribution in [0.15, 0.2) is 53.6 Å². The first-order valence-corrected chi connectivity index (χ1v) is 8.83. The van der Waals surface area contributed by atoms with Crippen LogP contribution in [0.2, 0.25) is 0 Å². The van der Waals surface area contributed by atoms with E-state index in [0.717, 1.165) is 11.1 Å². The third kappa shape index (κ3) is 3.65. The maximum absolute atomic E-state index is 12.8. The lowest BCUT2D eigenvalue weighted by molar-refractivity contribution is -0.137. The summed E-state index contributed by atoms with van der Waals surface area (Å²) in [5.41, 5.74) is 2.84. The number of hydrogen-bond donors (Lipinski definition) is 0. The van der Waals surface area contributed by atoms with Gasteiger partial charge in [0.25, 0.3) is 11.8 Å². The number of amides is 2. The Morgan fingerprint density at radius 3 is 2.15 bits per heavy atom. The summed E-state index contributed by atoms with van der Waals surface area (Å²) in [5.74, 6) is -0.137. The lowest BCUT2D eigenvalue weighted by Crippen LogP contribution is -2.30. The van der Waals surface area contributed by atoms with E-state index < -0.39 is 5.91 Å². The Morgan fingerprint density at radius 1 is 0.962 bits per heavy atom. The van der Waals surface area contributed by atoms with Gasteiger partial charge in [0.1, 0.15) is 10.8 Å². The van der Waals surface area contributed by atoms with E-state index >= 15 is 0 Å². The zero-order valence-electron chi connectivity index (χ0n) is 15.0. The molecule has 1 aliphatic heterocycles. The first-order chi connectivity index (χ1) is 12.4. The molecule has 4 nitrogen and oxygen atoms in total. The van der Waals surface area contributed by atoms with Gasteiger partial charge in [0, 0.05) is 0 Å². The zero-order valence-corrected chi connectivity index (χ0v) is 15.7. The van der Waals surface area contributed by atoms with Gasteiger partial charge >= 0.3 is 0 Å². The predicted octanol–water partition coefficient (Wildman–Crippen LogP) is 4.30. The van der Waals surface area contributed by atoms with Crippen LogP contribution < -0.4 is 4.74 Å². The second-order valence-electron chi connectivity index (χ2n) is 6.56. The number of halogens is 1. The van der Waals surface area contributed by atoms with Gasteiger partial charge in [-0.2, -0.15) is 0 Å². The van der Waals surface area contributed by atoms with Gasteiger partial charge in [-0.1, -0.05) is 53.6 Å². The molecule has 0 spiro atoms. The molecular weight excluding hydrogens is 350 g/mol. The molecule has 0 N–H and O–H groups in total. The summed E-state index contributed by atoms with van der Waals surface area (Å²) in [6.45, 7) is 6.07. The smallest absolute Gasteiger partial charge is 0.273 e. The number of hydrogen-bond acceptors (Lipinski definition) is 3. The first kappa shape index (κ1) is 18.2. The SMILES string of the molecule is Cc1ccc(CN2C(=O)C(Cl)=C(c3ccc(OC(C)C)cc3)C2=O)cc1. The molecular formula is C21H20ClNO3. The van der Waals surface area contributed by atoms with Crippen molar-refractivity contribution in [2.45, 2.75) is 33.4 Å². The topological polar surface area (TPSA) is 46.6 Å². The fraction of sp³-hybridized carbons (Fsp3) is 0.238. The Bertz CT molecular complexity index is 867. The Morgan fingerprint density at radius 2 is 1.58 bits per heavy atom. The second-order valence-corrected chi connectivity index (χ2v) is 6.94. The molecule has 0 aromatic heterocycles. The fourth-order valence-corrected chi connectivity index (χ4v) is 3.08. The van der Waals surface area contributed by atoms with E-state index in [1.165, 1.54) is 4.90 Å². The van der Waals surface area contributed by atoms with Crippen molar-refractivity contribution < 1.29 is 14.3 Å². The van der Waals surface area contributed by atoms with Crippen molar-refractivity contribution in [3.05, 3.63) is 70.3 Å². The van der Waals surface area contributed by atoms with E-state index in [0.29, 0.717) is 11.3 Å². The molecule has 26 heavy (non-hydrogen) atoms. The van der Waals surface area contributed by atoms with Gasteiger partial charge in [-0.3, -0.25) is 14.5 Å². The minimum Gasteiger partial charge on any atom is -0.491 e. The van der Waals surface area contributed by atoms with Crippen LogP contribution >= 0.6 is 11.6 Å². The van der Waals surface area contributed by atoms with Crippen LogP contribution in [-0.4, -0.2) is 22.8 Å². The molecule has 0 atom stereocenters. The van der Waals surface area contributed by atoms with Crippen molar-refractivity contribution in [3.8, 4) is 5.75 Å². The summed E-state index contributed by atoms with van der Waals surface area (Å²) in [6.07, 6.45) is 0.0587. The monoisotopic (exact) mass is 369 g/mol. The third-order valence-corrected chi connectivity index (χ3v) is 4.44. The lowest BCUT2D eigenvalue weighted by Gasteiger charge is -2.15. The van der Waals surface area contributed by atoms with Crippen LogP contribution in [0.3, 0.4) is 0 Å². The molecule has 0 aliphatic carbocycles. The van der Waals surface area contributed by atoms with E-state index in [1.54, 1.807) is 24.3 Å². The molecule has 2 aromatic rings. The molecule has 5 heteroatoms. The molecule has 2 amide bonds. The summed E-state index contributed by atoms with van der Waals surface area (Å²) in [7, 11) is 0.